The molecular formula is C15H24N4. The minimum atomic E-state index is 0.156. The number of hydrogen-bond donors (Lipinski definition) is 2. The van der Waals surface area contributed by atoms with Crippen LogP contribution in [0.4, 0.5) is 0 Å². The Kier molecular flexibility index (Phi) is 3.92. The van der Waals surface area contributed by atoms with Crippen LogP contribution in [0.25, 0.3) is 0 Å². The summed E-state index contributed by atoms with van der Waals surface area (Å²) in [5.41, 5.74) is 7.86. The van der Waals surface area contributed by atoms with Gasteiger partial charge in [0, 0.05) is 37.3 Å². The molecule has 0 unspecified atom stereocenters. The number of likely N-dealkylation sites (N-methyl/N-ethyl adjacent to an activating group) is 1. The quantitative estimate of drug-likeness (QED) is 0.639. The highest BCUT2D eigenvalue weighted by molar-refractivity contribution is 5.96. The molecule has 1 aromatic carbocycles. The second-order valence-electron chi connectivity index (χ2n) is 6.02. The maximum absolute atomic E-state index is 7.65. The van der Waals surface area contributed by atoms with Gasteiger partial charge in [-0.05, 0) is 26.5 Å². The predicted octanol–water partition coefficient (Wildman–Crippen LogP) is 1.50. The molecule has 1 fully saturated rings. The molecule has 104 valence electrons. The summed E-state index contributed by atoms with van der Waals surface area (Å²) in [7, 11) is 2.18. The number of nitrogens with two attached hydrogens (primary N) is 1. The summed E-state index contributed by atoms with van der Waals surface area (Å²) in [5, 5.41) is 7.65. The molecule has 1 aromatic rings. The van der Waals surface area contributed by atoms with Gasteiger partial charge in [-0.3, -0.25) is 15.2 Å². The van der Waals surface area contributed by atoms with Crippen molar-refractivity contribution in [2.45, 2.75) is 25.9 Å². The second kappa shape index (κ2) is 5.31. The van der Waals surface area contributed by atoms with Crippen molar-refractivity contribution in [3.63, 3.8) is 0 Å². The number of hydrogen-bond acceptors (Lipinski definition) is 3. The molecule has 0 aromatic heterocycles. The molecule has 3 N–H and O–H groups in total. The summed E-state index contributed by atoms with van der Waals surface area (Å²) in [6.07, 6.45) is 0. The molecule has 0 atom stereocenters. The van der Waals surface area contributed by atoms with Gasteiger partial charge in [-0.15, -0.1) is 0 Å². The molecule has 4 nitrogen and oxygen atoms in total. The first kappa shape index (κ1) is 14.0. The van der Waals surface area contributed by atoms with E-state index in [2.05, 4.69) is 36.8 Å². The van der Waals surface area contributed by atoms with E-state index in [9.17, 15) is 0 Å². The average Bonchev–Trinajstić information content (AvgIpc) is 2.34. The number of nitrogen functional groups attached to an aromatic ring is 1. The highest BCUT2D eigenvalue weighted by atomic mass is 15.3. The Morgan fingerprint density at radius 2 is 2.00 bits per heavy atom. The molecule has 1 aliphatic heterocycles. The van der Waals surface area contributed by atoms with Crippen LogP contribution in [0.3, 0.4) is 0 Å². The number of piperazine rings is 1. The van der Waals surface area contributed by atoms with Gasteiger partial charge in [0.2, 0.25) is 0 Å². The minimum Gasteiger partial charge on any atom is -0.384 e. The molecule has 19 heavy (non-hydrogen) atoms. The summed E-state index contributed by atoms with van der Waals surface area (Å²) in [6.45, 7) is 8.59. The van der Waals surface area contributed by atoms with Gasteiger partial charge in [0.15, 0.2) is 0 Å². The molecule has 0 bridgehead atoms. The highest BCUT2D eigenvalue weighted by Gasteiger charge is 2.31. The van der Waals surface area contributed by atoms with Crippen LogP contribution < -0.4 is 5.73 Å². The topological polar surface area (TPSA) is 56.4 Å². The molecule has 1 heterocycles. The van der Waals surface area contributed by atoms with E-state index in [0.717, 1.165) is 37.3 Å². The van der Waals surface area contributed by atoms with Crippen LogP contribution in [0.15, 0.2) is 24.3 Å². The van der Waals surface area contributed by atoms with E-state index in [-0.39, 0.29) is 11.4 Å². The van der Waals surface area contributed by atoms with Crippen LogP contribution in [0.2, 0.25) is 0 Å². The van der Waals surface area contributed by atoms with Gasteiger partial charge in [-0.1, -0.05) is 24.3 Å². The fourth-order valence-electron chi connectivity index (χ4n) is 2.64. The van der Waals surface area contributed by atoms with Gasteiger partial charge in [0.25, 0.3) is 0 Å². The maximum Gasteiger partial charge on any atom is 0.123 e. The Hall–Kier alpha value is -1.39. The van der Waals surface area contributed by atoms with Crippen molar-refractivity contribution < 1.29 is 0 Å². The molecule has 1 aliphatic rings. The Bertz CT molecular complexity index is 467. The Morgan fingerprint density at radius 1 is 1.32 bits per heavy atom. The Morgan fingerprint density at radius 3 is 2.63 bits per heavy atom. The van der Waals surface area contributed by atoms with Crippen molar-refractivity contribution in [1.82, 2.24) is 9.80 Å². The number of nitrogens with zero attached hydrogens (tertiary/aromatic N) is 2. The van der Waals surface area contributed by atoms with E-state index in [4.69, 9.17) is 11.1 Å². The fraction of sp³-hybridized carbons (Fsp3) is 0.533. The first-order chi connectivity index (χ1) is 8.90. The zero-order chi connectivity index (χ0) is 14.0. The SMILES string of the molecule is CN1CCN(Cc2ccccc2C(=N)N)CC1(C)C. The predicted molar refractivity (Wildman–Crippen MR) is 79.4 cm³/mol. The molecule has 0 aliphatic carbocycles. The first-order valence-corrected chi connectivity index (χ1v) is 6.76. The number of amidine groups is 1. The lowest BCUT2D eigenvalue weighted by Crippen LogP contribution is -2.57. The van der Waals surface area contributed by atoms with Crippen LogP contribution in [0, 0.1) is 5.41 Å². The third kappa shape index (κ3) is 3.14. The monoisotopic (exact) mass is 260 g/mol. The average molecular weight is 260 g/mol. The normalized spacial score (nSPS) is 20.4. The smallest absolute Gasteiger partial charge is 0.123 e. The molecule has 4 heteroatoms. The number of benzene rings is 1. The fourth-order valence-corrected chi connectivity index (χ4v) is 2.64. The summed E-state index contributed by atoms with van der Waals surface area (Å²) >= 11 is 0. The minimum absolute atomic E-state index is 0.156. The van der Waals surface area contributed by atoms with Gasteiger partial charge in [-0.2, -0.15) is 0 Å². The molecule has 0 radical (unpaired) electrons. The van der Waals surface area contributed by atoms with Crippen LogP contribution in [0.1, 0.15) is 25.0 Å². The van der Waals surface area contributed by atoms with Crippen molar-refractivity contribution in [1.29, 1.82) is 5.41 Å². The van der Waals surface area contributed by atoms with E-state index in [1.807, 2.05) is 18.2 Å². The van der Waals surface area contributed by atoms with Crippen molar-refractivity contribution in [2.24, 2.45) is 5.73 Å². The lowest BCUT2D eigenvalue weighted by molar-refractivity contribution is 0.0360. The van der Waals surface area contributed by atoms with E-state index < -0.39 is 0 Å². The van der Waals surface area contributed by atoms with E-state index in [1.165, 1.54) is 0 Å². The summed E-state index contributed by atoms with van der Waals surface area (Å²) in [5.74, 6) is 0.156. The zero-order valence-corrected chi connectivity index (χ0v) is 12.1. The van der Waals surface area contributed by atoms with Crippen LogP contribution >= 0.6 is 0 Å². The standard InChI is InChI=1S/C15H24N4/c1-15(2)11-19(9-8-18(15)3)10-12-6-4-5-7-13(12)14(16)17/h4-7H,8-11H2,1-3H3,(H3,16,17). The third-order valence-corrected chi connectivity index (χ3v) is 4.10. The third-order valence-electron chi connectivity index (χ3n) is 4.10. The lowest BCUT2D eigenvalue weighted by Gasteiger charge is -2.45. The van der Waals surface area contributed by atoms with Gasteiger partial charge in [0.05, 0.1) is 0 Å². The molecule has 1 saturated heterocycles. The second-order valence-corrected chi connectivity index (χ2v) is 6.02. The zero-order valence-electron chi connectivity index (χ0n) is 12.1. The van der Waals surface area contributed by atoms with Gasteiger partial charge in [0.1, 0.15) is 5.84 Å². The van der Waals surface area contributed by atoms with Crippen LogP contribution in [0.5, 0.6) is 0 Å². The highest BCUT2D eigenvalue weighted by Crippen LogP contribution is 2.21. The van der Waals surface area contributed by atoms with E-state index in [0.29, 0.717) is 0 Å². The molecule has 0 spiro atoms. The largest absolute Gasteiger partial charge is 0.384 e. The van der Waals surface area contributed by atoms with Crippen molar-refractivity contribution in [2.75, 3.05) is 26.7 Å². The molecule has 0 saturated carbocycles. The Balaban J connectivity index is 2.12. The van der Waals surface area contributed by atoms with Gasteiger partial charge < -0.3 is 5.73 Å². The lowest BCUT2D eigenvalue weighted by atomic mass is 9.98. The van der Waals surface area contributed by atoms with E-state index in [1.54, 1.807) is 0 Å². The summed E-state index contributed by atoms with van der Waals surface area (Å²) in [6, 6.07) is 7.96. The van der Waals surface area contributed by atoms with Crippen LogP contribution in [-0.4, -0.2) is 47.9 Å². The summed E-state index contributed by atoms with van der Waals surface area (Å²) in [4.78, 5) is 4.85. The van der Waals surface area contributed by atoms with Gasteiger partial charge >= 0.3 is 0 Å². The van der Waals surface area contributed by atoms with Crippen LogP contribution in [-0.2, 0) is 6.54 Å². The molecular weight excluding hydrogens is 236 g/mol. The maximum atomic E-state index is 7.65. The van der Waals surface area contributed by atoms with Crippen molar-refractivity contribution in [3.8, 4) is 0 Å². The Labute approximate surface area is 115 Å². The van der Waals surface area contributed by atoms with Crippen molar-refractivity contribution in [3.05, 3.63) is 35.4 Å². The molecule has 2 rings (SSSR count). The van der Waals surface area contributed by atoms with E-state index >= 15 is 0 Å². The summed E-state index contributed by atoms with van der Waals surface area (Å²) < 4.78 is 0. The van der Waals surface area contributed by atoms with Crippen molar-refractivity contribution >= 4 is 5.84 Å². The van der Waals surface area contributed by atoms with Gasteiger partial charge in [-0.25, -0.2) is 0 Å². The number of nitrogens with one attached hydrogen (secondary N) is 1. The first-order valence-electron chi connectivity index (χ1n) is 6.76. The molecule has 0 amide bonds. The number of rotatable bonds is 3.